The van der Waals surface area contributed by atoms with E-state index in [1.54, 1.807) is 44.2 Å². The van der Waals surface area contributed by atoms with E-state index in [1.165, 1.54) is 0 Å². The number of aromatic carboxylic acids is 2. The first kappa shape index (κ1) is 27.4. The van der Waals surface area contributed by atoms with E-state index in [9.17, 15) is 29.4 Å². The number of aryl methyl sites for hydroxylation is 2. The molecule has 1 aromatic heterocycles. The zero-order valence-corrected chi connectivity index (χ0v) is 22.4. The van der Waals surface area contributed by atoms with Gasteiger partial charge in [0.1, 0.15) is 11.2 Å². The van der Waals surface area contributed by atoms with Gasteiger partial charge in [0.15, 0.2) is 0 Å². The molecule has 0 aliphatic heterocycles. The third-order valence-electron chi connectivity index (χ3n) is 6.61. The molecule has 4 aromatic rings. The molecule has 39 heavy (non-hydrogen) atoms. The summed E-state index contributed by atoms with van der Waals surface area (Å²) < 4.78 is 15.8. The fourth-order valence-corrected chi connectivity index (χ4v) is 4.82. The molecule has 9 nitrogen and oxygen atoms in total. The highest BCUT2D eigenvalue weighted by Crippen LogP contribution is 2.47. The molecule has 0 saturated carbocycles. The second-order valence-corrected chi connectivity index (χ2v) is 9.25. The van der Waals surface area contributed by atoms with Crippen LogP contribution in [0.3, 0.4) is 0 Å². The van der Waals surface area contributed by atoms with E-state index < -0.39 is 40.6 Å². The number of fused-ring (bicyclic) bond motifs is 3. The molecule has 0 fully saturated rings. The Morgan fingerprint density at radius 2 is 1.46 bits per heavy atom. The lowest BCUT2D eigenvalue weighted by molar-refractivity contribution is -0.136. The monoisotopic (exact) mass is 550 g/mol. The lowest BCUT2D eigenvalue weighted by Crippen LogP contribution is -2.17. The van der Waals surface area contributed by atoms with Gasteiger partial charge < -0.3 is 24.1 Å². The molecule has 0 amide bonds. The zero-order valence-electron chi connectivity index (χ0n) is 21.6. The van der Waals surface area contributed by atoms with Crippen LogP contribution in [-0.2, 0) is 19.1 Å². The highest BCUT2D eigenvalue weighted by Gasteiger charge is 2.35. The molecule has 0 spiro atoms. The summed E-state index contributed by atoms with van der Waals surface area (Å²) in [5.41, 5.74) is 0.603. The van der Waals surface area contributed by atoms with Gasteiger partial charge in [-0.3, -0.25) is 0 Å². The van der Waals surface area contributed by atoms with Crippen LogP contribution in [-0.4, -0.2) is 48.3 Å². The van der Waals surface area contributed by atoms with Crippen molar-refractivity contribution in [1.29, 1.82) is 0 Å². The van der Waals surface area contributed by atoms with Gasteiger partial charge in [0.2, 0.25) is 0 Å². The lowest BCUT2D eigenvalue weighted by atomic mass is 9.84. The van der Waals surface area contributed by atoms with Gasteiger partial charge in [-0.1, -0.05) is 41.4 Å². The molecule has 0 unspecified atom stereocenters. The third kappa shape index (κ3) is 4.51. The number of ether oxygens (including phenoxy) is 2. The van der Waals surface area contributed by atoms with Crippen molar-refractivity contribution in [1.82, 2.24) is 0 Å². The Bertz CT molecular complexity index is 1740. The van der Waals surface area contributed by atoms with Crippen molar-refractivity contribution in [3.63, 3.8) is 0 Å². The zero-order chi connectivity index (χ0) is 28.8. The molecule has 2 N–H and O–H groups in total. The number of carboxylic acids is 2. The van der Waals surface area contributed by atoms with Crippen molar-refractivity contribution in [2.45, 2.75) is 20.8 Å². The minimum absolute atomic E-state index is 0.00399. The normalized spacial score (nSPS) is 11.6. The Kier molecular flexibility index (Phi) is 7.21. The van der Waals surface area contributed by atoms with E-state index in [2.05, 4.69) is 4.74 Å². The van der Waals surface area contributed by atoms with Gasteiger partial charge in [-0.05, 0) is 43.5 Å². The van der Waals surface area contributed by atoms with Gasteiger partial charge in [0.25, 0.3) is 0 Å². The molecular formula is C29H23ClO9. The maximum atomic E-state index is 13.0. The summed E-state index contributed by atoms with van der Waals surface area (Å²) >= 11 is 6.50. The fraction of sp³-hybridized carbons (Fsp3) is 0.172. The maximum absolute atomic E-state index is 13.0. The van der Waals surface area contributed by atoms with Crippen molar-refractivity contribution < 1.29 is 43.3 Å². The summed E-state index contributed by atoms with van der Waals surface area (Å²) in [5, 5.41) is 21.5. The number of halogens is 1. The van der Waals surface area contributed by atoms with Crippen LogP contribution in [0.4, 0.5) is 0 Å². The minimum atomic E-state index is -1.65. The van der Waals surface area contributed by atoms with E-state index in [0.717, 1.165) is 25.9 Å². The standard InChI is InChI=1S/C29H23ClO9/c1-12-6-8-15(9-7-12)20-23(27(32)33)24(28(34)35)21(17(29(36)38-5)11-19(31)37-4)22-16-10-18(30)13(2)14(3)25(16)39-26(20)22/h6-11H,1-5H3,(H,32,33)(H,34,35)/b17-11-. The first-order chi connectivity index (χ1) is 18.4. The van der Waals surface area contributed by atoms with Crippen LogP contribution < -0.4 is 0 Å². The number of methoxy groups -OCH3 is 2. The van der Waals surface area contributed by atoms with E-state index >= 15 is 0 Å². The maximum Gasteiger partial charge on any atom is 0.338 e. The molecule has 0 bridgehead atoms. The summed E-state index contributed by atoms with van der Waals surface area (Å²) in [5.74, 6) is -5.31. The highest BCUT2D eigenvalue weighted by molar-refractivity contribution is 6.35. The van der Waals surface area contributed by atoms with Gasteiger partial charge in [0.05, 0.1) is 30.9 Å². The molecule has 10 heteroatoms. The van der Waals surface area contributed by atoms with E-state index in [4.69, 9.17) is 20.8 Å². The van der Waals surface area contributed by atoms with Gasteiger partial charge in [-0.15, -0.1) is 0 Å². The highest BCUT2D eigenvalue weighted by atomic mass is 35.5. The van der Waals surface area contributed by atoms with Crippen LogP contribution in [0.25, 0.3) is 38.6 Å². The predicted molar refractivity (Wildman–Crippen MR) is 144 cm³/mol. The van der Waals surface area contributed by atoms with Crippen molar-refractivity contribution >= 4 is 63.0 Å². The van der Waals surface area contributed by atoms with Crippen LogP contribution in [0.1, 0.15) is 43.0 Å². The SMILES string of the molecule is COC(=O)/C=C(\C(=O)OC)c1c(C(=O)O)c(C(=O)O)c(-c2ccc(C)cc2)c2oc3c(C)c(C)c(Cl)cc3c12. The molecule has 0 aliphatic rings. The number of carbonyl (C=O) groups is 4. The van der Waals surface area contributed by atoms with Gasteiger partial charge in [-0.25, -0.2) is 19.2 Å². The average molecular weight is 551 g/mol. The van der Waals surface area contributed by atoms with Crippen molar-refractivity contribution in [2.75, 3.05) is 14.2 Å². The largest absolute Gasteiger partial charge is 0.478 e. The quantitative estimate of drug-likeness (QED) is 0.220. The van der Waals surface area contributed by atoms with E-state index in [0.29, 0.717) is 32.7 Å². The number of hydrogen-bond acceptors (Lipinski definition) is 7. The Balaban J connectivity index is 2.44. The lowest BCUT2D eigenvalue weighted by Gasteiger charge is -2.17. The number of benzene rings is 3. The summed E-state index contributed by atoms with van der Waals surface area (Å²) in [6, 6.07) is 8.32. The van der Waals surface area contributed by atoms with Gasteiger partial charge in [-0.2, -0.15) is 0 Å². The van der Waals surface area contributed by atoms with Crippen molar-refractivity contribution in [2.24, 2.45) is 0 Å². The van der Waals surface area contributed by atoms with E-state index in [1.807, 2.05) is 6.92 Å². The number of carboxylic acid groups (broad SMARTS) is 2. The van der Waals surface area contributed by atoms with Crippen LogP contribution >= 0.6 is 11.6 Å². The van der Waals surface area contributed by atoms with Crippen LogP contribution in [0.15, 0.2) is 40.8 Å². The molecule has 0 aliphatic carbocycles. The van der Waals surface area contributed by atoms with E-state index in [-0.39, 0.29) is 22.1 Å². The summed E-state index contributed by atoms with van der Waals surface area (Å²) in [6.07, 6.45) is 0.756. The molecule has 200 valence electrons. The van der Waals surface area contributed by atoms with Crippen LogP contribution in [0.5, 0.6) is 0 Å². The smallest absolute Gasteiger partial charge is 0.338 e. The first-order valence-corrected chi connectivity index (χ1v) is 11.9. The Labute approximate surface area is 227 Å². The average Bonchev–Trinajstić information content (AvgIpc) is 3.28. The molecule has 4 rings (SSSR count). The minimum Gasteiger partial charge on any atom is -0.478 e. The Morgan fingerprint density at radius 1 is 0.846 bits per heavy atom. The molecule has 0 saturated heterocycles. The van der Waals surface area contributed by atoms with Crippen LogP contribution in [0.2, 0.25) is 5.02 Å². The number of carbonyl (C=O) groups excluding carboxylic acids is 2. The second kappa shape index (κ2) is 10.3. The number of rotatable bonds is 6. The third-order valence-corrected chi connectivity index (χ3v) is 7.00. The molecule has 1 heterocycles. The fourth-order valence-electron chi connectivity index (χ4n) is 4.57. The van der Waals surface area contributed by atoms with Crippen LogP contribution in [0, 0.1) is 20.8 Å². The summed E-state index contributed by atoms with van der Waals surface area (Å²) in [7, 11) is 2.12. The molecular weight excluding hydrogens is 528 g/mol. The van der Waals surface area contributed by atoms with Gasteiger partial charge in [0, 0.05) is 33.0 Å². The van der Waals surface area contributed by atoms with Gasteiger partial charge >= 0.3 is 23.9 Å². The Morgan fingerprint density at radius 3 is 2.00 bits per heavy atom. The van der Waals surface area contributed by atoms with Crippen molar-refractivity contribution in [3.8, 4) is 11.1 Å². The predicted octanol–water partition coefficient (Wildman–Crippen LogP) is 5.96. The van der Waals surface area contributed by atoms with Crippen molar-refractivity contribution in [3.05, 3.63) is 74.8 Å². The number of esters is 2. The second-order valence-electron chi connectivity index (χ2n) is 8.84. The molecule has 3 aromatic carbocycles. The number of furan rings is 1. The molecule has 0 radical (unpaired) electrons. The summed E-state index contributed by atoms with van der Waals surface area (Å²) in [6.45, 7) is 5.37. The first-order valence-electron chi connectivity index (χ1n) is 11.6. The Hall–Kier alpha value is -4.63. The summed E-state index contributed by atoms with van der Waals surface area (Å²) in [4.78, 5) is 50.9. The molecule has 0 atom stereocenters. The number of hydrogen-bond donors (Lipinski definition) is 2. The topological polar surface area (TPSA) is 140 Å².